The predicted octanol–water partition coefficient (Wildman–Crippen LogP) is 2.61. The van der Waals surface area contributed by atoms with Gasteiger partial charge in [-0.1, -0.05) is 0 Å². The van der Waals surface area contributed by atoms with Crippen LogP contribution in [-0.4, -0.2) is 19.5 Å². The fourth-order valence-corrected chi connectivity index (χ4v) is 5.06. The molecule has 0 aliphatic heterocycles. The van der Waals surface area contributed by atoms with Crippen LogP contribution in [0.5, 0.6) is 0 Å². The Balaban J connectivity index is 2.87. The van der Waals surface area contributed by atoms with Gasteiger partial charge in [-0.05, 0) is 0 Å². The van der Waals surface area contributed by atoms with Crippen molar-refractivity contribution in [1.29, 1.82) is 0 Å². The van der Waals surface area contributed by atoms with Crippen LogP contribution in [0.25, 0.3) is 0 Å². The maximum atomic E-state index is 13.5. The van der Waals surface area contributed by atoms with Crippen molar-refractivity contribution in [2.45, 2.75) is 0 Å². The molecule has 0 aliphatic carbocycles. The predicted molar refractivity (Wildman–Crippen MR) is 58.2 cm³/mol. The topological polar surface area (TPSA) is 17.1 Å². The van der Waals surface area contributed by atoms with Crippen molar-refractivity contribution < 1.29 is 47.0 Å². The average molecular weight is 478 g/mol. The van der Waals surface area contributed by atoms with Crippen LogP contribution in [0.1, 0.15) is 0 Å². The van der Waals surface area contributed by atoms with Gasteiger partial charge in [0.05, 0.1) is 0 Å². The van der Waals surface area contributed by atoms with Crippen molar-refractivity contribution in [2.75, 3.05) is 0 Å². The first-order chi connectivity index (χ1) is 11.0. The molecule has 0 spiro atoms. The molecule has 0 atom stereocenters. The molecule has 0 heterocycles. The Bertz CT molecular complexity index is 765. The summed E-state index contributed by atoms with van der Waals surface area (Å²) in [4.78, 5) is 0. The van der Waals surface area contributed by atoms with E-state index in [1.54, 1.807) is 0 Å². The van der Waals surface area contributed by atoms with E-state index in [1.165, 1.54) is 0 Å². The second kappa shape index (κ2) is 6.33. The fraction of sp³-hybridized carbons (Fsp3) is 0. The zero-order chi connectivity index (χ0) is 18.5. The van der Waals surface area contributed by atoms with Crippen LogP contribution in [0.3, 0.4) is 0 Å². The first-order valence-corrected chi connectivity index (χ1v) is 8.75. The maximum absolute atomic E-state index is 13.5. The van der Waals surface area contributed by atoms with Crippen molar-refractivity contribution in [3.8, 4) is 0 Å². The molecular weight excluding hydrogens is 478 g/mol. The van der Waals surface area contributed by atoms with E-state index in [0.717, 1.165) is 0 Å². The van der Waals surface area contributed by atoms with Gasteiger partial charge < -0.3 is 0 Å². The van der Waals surface area contributed by atoms with Gasteiger partial charge in [0.15, 0.2) is 0 Å². The van der Waals surface area contributed by atoms with E-state index in [1.807, 2.05) is 0 Å². The molecule has 0 radical (unpaired) electrons. The molecule has 130 valence electrons. The van der Waals surface area contributed by atoms with Crippen molar-refractivity contribution >= 4 is 26.8 Å². The quantitative estimate of drug-likeness (QED) is 0.281. The Morgan fingerprint density at radius 3 is 0.750 bits per heavy atom. The van der Waals surface area contributed by atoms with Crippen molar-refractivity contribution in [3.05, 3.63) is 58.2 Å². The van der Waals surface area contributed by atoms with Gasteiger partial charge in [0.25, 0.3) is 0 Å². The molecule has 12 heteroatoms. The third-order valence-corrected chi connectivity index (χ3v) is 6.87. The summed E-state index contributed by atoms with van der Waals surface area (Å²) in [5.41, 5.74) is 0. The average Bonchev–Trinajstić information content (AvgIpc) is 2.55. The first-order valence-electron chi connectivity index (χ1n) is 5.46. The van der Waals surface area contributed by atoms with E-state index >= 15 is 0 Å². The summed E-state index contributed by atoms with van der Waals surface area (Å²) >= 11 is -5.65. The number of benzene rings is 2. The van der Waals surface area contributed by atoms with Crippen LogP contribution in [-0.2, 0) is 3.10 Å². The van der Waals surface area contributed by atoms with Crippen LogP contribution in [0, 0.1) is 58.2 Å². The van der Waals surface area contributed by atoms with Crippen LogP contribution in [0.2, 0.25) is 0 Å². The first kappa shape index (κ1) is 18.7. The summed E-state index contributed by atoms with van der Waals surface area (Å²) in [5, 5.41) is 0. The van der Waals surface area contributed by atoms with E-state index in [9.17, 15) is 47.0 Å². The van der Waals surface area contributed by atoms with Crippen LogP contribution in [0.15, 0.2) is 0 Å². The molecule has 1 nitrogen and oxygen atoms in total. The molecule has 2 rings (SSSR count). The van der Waals surface area contributed by atoms with E-state index in [2.05, 4.69) is 0 Å². The molecule has 2 aromatic carbocycles. The fourth-order valence-electron chi connectivity index (χ4n) is 1.60. The van der Waals surface area contributed by atoms with E-state index < -0.39 is 84.9 Å². The van der Waals surface area contributed by atoms with E-state index in [-0.39, 0.29) is 0 Å². The van der Waals surface area contributed by atoms with Gasteiger partial charge in [-0.15, -0.1) is 0 Å². The minimum atomic E-state index is -5.65. The standard InChI is InChI=1S/C12F10OTe/c13-1-3(15)7(19)11(8(20)4(1)16)24(23)12-9(21)5(17)2(14)6(18)10(12)22. The molecule has 0 amide bonds. The molecule has 2 aromatic rings. The van der Waals surface area contributed by atoms with E-state index in [0.29, 0.717) is 0 Å². The van der Waals surface area contributed by atoms with Gasteiger partial charge in [0, 0.05) is 0 Å². The molecule has 0 saturated heterocycles. The van der Waals surface area contributed by atoms with Gasteiger partial charge in [0.2, 0.25) is 0 Å². The molecule has 0 saturated carbocycles. The number of hydrogen-bond acceptors (Lipinski definition) is 1. The summed E-state index contributed by atoms with van der Waals surface area (Å²) in [7, 11) is 0. The summed E-state index contributed by atoms with van der Waals surface area (Å²) < 4.78 is 140. The summed E-state index contributed by atoms with van der Waals surface area (Å²) in [6, 6.07) is 0. The van der Waals surface area contributed by atoms with Gasteiger partial charge in [-0.25, -0.2) is 0 Å². The second-order valence-corrected chi connectivity index (χ2v) is 7.93. The van der Waals surface area contributed by atoms with Crippen LogP contribution >= 0.6 is 0 Å². The van der Waals surface area contributed by atoms with Crippen molar-refractivity contribution in [1.82, 2.24) is 0 Å². The number of hydrogen-bond donors (Lipinski definition) is 0. The number of rotatable bonds is 2. The van der Waals surface area contributed by atoms with Gasteiger partial charge in [-0.2, -0.15) is 0 Å². The van der Waals surface area contributed by atoms with Gasteiger partial charge >= 0.3 is 132 Å². The monoisotopic (exact) mass is 480 g/mol. The molecular formula is C12F10OTe. The summed E-state index contributed by atoms with van der Waals surface area (Å²) in [6.07, 6.45) is 0. The molecule has 0 fully saturated rings. The minimum absolute atomic E-state index is 2.11. The zero-order valence-corrected chi connectivity index (χ0v) is 12.9. The second-order valence-electron chi connectivity index (χ2n) is 4.07. The van der Waals surface area contributed by atoms with Crippen molar-refractivity contribution in [3.63, 3.8) is 0 Å². The Hall–Kier alpha value is -1.67. The molecule has 0 N–H and O–H groups in total. The van der Waals surface area contributed by atoms with Gasteiger partial charge in [0.1, 0.15) is 0 Å². The van der Waals surface area contributed by atoms with Crippen molar-refractivity contribution in [2.24, 2.45) is 0 Å². The van der Waals surface area contributed by atoms with Crippen LogP contribution in [0.4, 0.5) is 43.9 Å². The van der Waals surface area contributed by atoms with E-state index in [4.69, 9.17) is 0 Å². The van der Waals surface area contributed by atoms with Gasteiger partial charge in [-0.3, -0.25) is 0 Å². The molecule has 0 unspecified atom stereocenters. The molecule has 0 bridgehead atoms. The third-order valence-electron chi connectivity index (χ3n) is 2.71. The van der Waals surface area contributed by atoms with Crippen LogP contribution < -0.4 is 7.22 Å². The normalized spacial score (nSPS) is 11.5. The Labute approximate surface area is 132 Å². The molecule has 24 heavy (non-hydrogen) atoms. The summed E-state index contributed by atoms with van der Waals surface area (Å²) in [6.45, 7) is 0. The third kappa shape index (κ3) is 2.57. The Morgan fingerprint density at radius 1 is 0.375 bits per heavy atom. The summed E-state index contributed by atoms with van der Waals surface area (Å²) in [5.74, 6) is -26.3. The zero-order valence-electron chi connectivity index (χ0n) is 10.6. The number of halogens is 10. The molecule has 0 aliphatic rings. The SMILES string of the molecule is O=[Te](c1c(F)c(F)c(F)c(F)c1F)c1c(F)c(F)c(F)c(F)c1F. The Morgan fingerprint density at radius 2 is 0.542 bits per heavy atom. The Kier molecular flexibility index (Phi) is 4.92. The molecule has 0 aromatic heterocycles.